The smallest absolute Gasteiger partial charge is 0.358 e. The molecule has 0 aliphatic carbocycles. The summed E-state index contributed by atoms with van der Waals surface area (Å²) < 4.78 is 81.0. The van der Waals surface area contributed by atoms with Crippen LogP contribution in [0.1, 0.15) is 21.8 Å². The molecule has 15 heteroatoms. The number of hydrogen-bond donors (Lipinski definition) is 1. The minimum absolute atomic E-state index is 0.0854. The zero-order valence-corrected chi connectivity index (χ0v) is 16.7. The molecule has 1 N–H and O–H groups in total. The average molecular weight is 477 g/mol. The molecule has 1 atom stereocenters. The van der Waals surface area contributed by atoms with E-state index in [-0.39, 0.29) is 34.3 Å². The number of nitrogens with one attached hydrogen (secondary N) is 1. The second kappa shape index (κ2) is 8.03. The van der Waals surface area contributed by atoms with Crippen LogP contribution in [0, 0.1) is 5.82 Å². The van der Waals surface area contributed by atoms with Crippen molar-refractivity contribution >= 4 is 22.4 Å². The molecule has 0 bridgehead atoms. The Bertz CT molecular complexity index is 1120. The highest BCUT2D eigenvalue weighted by Crippen LogP contribution is 2.37. The minimum atomic E-state index is -4.72. The largest absolute Gasteiger partial charge is 0.445 e. The van der Waals surface area contributed by atoms with E-state index in [0.717, 1.165) is 21.8 Å². The zero-order chi connectivity index (χ0) is 23.1. The Morgan fingerprint density at radius 1 is 1.22 bits per heavy atom. The van der Waals surface area contributed by atoms with Crippen LogP contribution in [0.25, 0.3) is 5.69 Å². The van der Waals surface area contributed by atoms with E-state index in [1.165, 1.54) is 18.5 Å². The van der Waals surface area contributed by atoms with Gasteiger partial charge in [0.05, 0.1) is 23.6 Å². The van der Waals surface area contributed by atoms with E-state index in [1.54, 1.807) is 0 Å². The van der Waals surface area contributed by atoms with Gasteiger partial charge in [-0.05, 0) is 18.2 Å². The second-order valence-corrected chi connectivity index (χ2v) is 7.77. The topological polar surface area (TPSA) is 88.8 Å². The van der Waals surface area contributed by atoms with Crippen LogP contribution in [-0.2, 0) is 6.18 Å². The molecule has 1 amide bonds. The first-order valence-corrected chi connectivity index (χ1v) is 9.87. The summed E-state index contributed by atoms with van der Waals surface area (Å²) in [6.45, 7) is -0.930. The summed E-state index contributed by atoms with van der Waals surface area (Å²) >= 11 is 0.156. The van der Waals surface area contributed by atoms with E-state index in [2.05, 4.69) is 25.7 Å². The maximum Gasteiger partial charge on any atom is 0.445 e. The fraction of sp³-hybridized carbons (Fsp3) is 0.353. The predicted octanol–water partition coefficient (Wildman–Crippen LogP) is 3.24. The lowest BCUT2D eigenvalue weighted by Gasteiger charge is -2.28. The molecule has 8 nitrogen and oxygen atoms in total. The molecule has 3 aromatic rings. The Balaban J connectivity index is 1.58. The van der Waals surface area contributed by atoms with Crippen LogP contribution < -0.4 is 5.32 Å². The highest BCUT2D eigenvalue weighted by Gasteiger charge is 2.51. The lowest BCUT2D eigenvalue weighted by Crippen LogP contribution is -2.47. The van der Waals surface area contributed by atoms with Gasteiger partial charge in [-0.25, -0.2) is 13.2 Å². The number of amides is 1. The molecule has 1 aliphatic heterocycles. The summed E-state index contributed by atoms with van der Waals surface area (Å²) in [5.41, 5.74) is -0.151. The molecule has 1 aliphatic rings. The van der Waals surface area contributed by atoms with Crippen molar-refractivity contribution in [1.29, 1.82) is 0 Å². The van der Waals surface area contributed by atoms with Gasteiger partial charge in [0, 0.05) is 19.5 Å². The monoisotopic (exact) mass is 477 g/mol. The van der Waals surface area contributed by atoms with Gasteiger partial charge in [0.1, 0.15) is 11.9 Å². The van der Waals surface area contributed by atoms with Gasteiger partial charge in [0.25, 0.3) is 11.8 Å². The number of halogens is 6. The first-order valence-electron chi connectivity index (χ1n) is 9.06. The molecule has 0 unspecified atom stereocenters. The third-order valence-electron chi connectivity index (χ3n) is 4.75. The summed E-state index contributed by atoms with van der Waals surface area (Å²) in [5.74, 6) is -5.00. The highest BCUT2D eigenvalue weighted by atomic mass is 32.1. The summed E-state index contributed by atoms with van der Waals surface area (Å²) in [4.78, 5) is 15.0. The number of hydrogen-bond acceptors (Lipinski definition) is 7. The van der Waals surface area contributed by atoms with Crippen LogP contribution in [-0.4, -0.2) is 61.1 Å². The lowest BCUT2D eigenvalue weighted by atomic mass is 10.1. The standard InChI is InChI=1S/C17H13F6N7OS/c18-9-1-2-11(30-25-4-5-26-30)10(7-9)13(31)29-6-3-16(19,20)12(29)8-24-15-28-27-14(32-15)17(21,22)23/h1-2,4-5,7,12H,3,6,8H2,(H,24,28)/t12-/m1/s1. The number of alkyl halides is 5. The minimum Gasteiger partial charge on any atom is -0.358 e. The number of carbonyl (C=O) groups is 1. The van der Waals surface area contributed by atoms with Crippen molar-refractivity contribution in [3.05, 3.63) is 47.0 Å². The van der Waals surface area contributed by atoms with Crippen LogP contribution >= 0.6 is 11.3 Å². The number of aromatic nitrogens is 5. The Kier molecular flexibility index (Phi) is 5.52. The normalized spacial score (nSPS) is 18.2. The summed E-state index contributed by atoms with van der Waals surface area (Å²) in [7, 11) is 0. The number of nitrogens with zero attached hydrogens (tertiary/aromatic N) is 6. The molecule has 32 heavy (non-hydrogen) atoms. The molecule has 2 aromatic heterocycles. The van der Waals surface area contributed by atoms with E-state index < -0.39 is 47.8 Å². The van der Waals surface area contributed by atoms with Crippen molar-refractivity contribution in [3.63, 3.8) is 0 Å². The summed E-state index contributed by atoms with van der Waals surface area (Å²) in [6.07, 6.45) is -2.73. The third kappa shape index (κ3) is 4.24. The van der Waals surface area contributed by atoms with Gasteiger partial charge in [-0.3, -0.25) is 4.79 Å². The van der Waals surface area contributed by atoms with E-state index in [0.29, 0.717) is 0 Å². The fourth-order valence-corrected chi connectivity index (χ4v) is 3.88. The van der Waals surface area contributed by atoms with E-state index in [4.69, 9.17) is 0 Å². The van der Waals surface area contributed by atoms with E-state index in [1.807, 2.05) is 0 Å². The Morgan fingerprint density at radius 3 is 2.59 bits per heavy atom. The van der Waals surface area contributed by atoms with Crippen molar-refractivity contribution < 1.29 is 31.1 Å². The van der Waals surface area contributed by atoms with Crippen molar-refractivity contribution in [2.24, 2.45) is 0 Å². The van der Waals surface area contributed by atoms with E-state index in [9.17, 15) is 31.1 Å². The number of anilines is 1. The van der Waals surface area contributed by atoms with Gasteiger partial charge in [0.2, 0.25) is 10.1 Å². The van der Waals surface area contributed by atoms with E-state index >= 15 is 0 Å². The van der Waals surface area contributed by atoms with Gasteiger partial charge in [-0.1, -0.05) is 11.3 Å². The first-order chi connectivity index (χ1) is 15.1. The molecular weight excluding hydrogens is 464 g/mol. The van der Waals surface area contributed by atoms with Crippen molar-refractivity contribution in [2.45, 2.75) is 24.6 Å². The first kappa shape index (κ1) is 22.0. The number of carbonyl (C=O) groups excluding carboxylic acids is 1. The molecule has 3 heterocycles. The number of benzene rings is 1. The quantitative estimate of drug-likeness (QED) is 0.568. The van der Waals surface area contributed by atoms with Crippen LogP contribution in [0.4, 0.5) is 31.5 Å². The molecule has 0 saturated carbocycles. The zero-order valence-electron chi connectivity index (χ0n) is 15.9. The van der Waals surface area contributed by atoms with Crippen LogP contribution in [0.3, 0.4) is 0 Å². The predicted molar refractivity (Wildman–Crippen MR) is 99.1 cm³/mol. The molecule has 1 aromatic carbocycles. The lowest BCUT2D eigenvalue weighted by molar-refractivity contribution is -0.138. The van der Waals surface area contributed by atoms with Crippen molar-refractivity contribution in [2.75, 3.05) is 18.4 Å². The molecule has 170 valence electrons. The highest BCUT2D eigenvalue weighted by molar-refractivity contribution is 7.15. The summed E-state index contributed by atoms with van der Waals surface area (Å²) in [5, 5.41) is 14.9. The molecular formula is C17H13F6N7OS. The van der Waals surface area contributed by atoms with Crippen LogP contribution in [0.2, 0.25) is 0 Å². The molecule has 0 radical (unpaired) electrons. The SMILES string of the molecule is O=C(c1cc(F)ccc1-n1nccn1)N1CCC(F)(F)[C@H]1CNc1nnc(C(F)(F)F)s1. The maximum atomic E-state index is 14.5. The average Bonchev–Trinajstić information content (AvgIpc) is 3.45. The maximum absolute atomic E-state index is 14.5. The van der Waals surface area contributed by atoms with Gasteiger partial charge in [-0.15, -0.1) is 10.2 Å². The molecule has 1 saturated heterocycles. The Hall–Kier alpha value is -3.23. The van der Waals surface area contributed by atoms with Gasteiger partial charge >= 0.3 is 6.18 Å². The van der Waals surface area contributed by atoms with Crippen molar-refractivity contribution in [1.82, 2.24) is 30.1 Å². The molecule has 0 spiro atoms. The fourth-order valence-electron chi connectivity index (χ4n) is 3.26. The Labute approximate surface area is 179 Å². The van der Waals surface area contributed by atoms with Gasteiger partial charge in [0.15, 0.2) is 0 Å². The number of rotatable bonds is 5. The molecule has 1 fully saturated rings. The van der Waals surface area contributed by atoms with Crippen LogP contribution in [0.15, 0.2) is 30.6 Å². The van der Waals surface area contributed by atoms with Gasteiger partial charge in [-0.2, -0.15) is 28.2 Å². The Morgan fingerprint density at radius 2 is 1.94 bits per heavy atom. The molecule has 4 rings (SSSR count). The van der Waals surface area contributed by atoms with Crippen LogP contribution in [0.5, 0.6) is 0 Å². The summed E-state index contributed by atoms with van der Waals surface area (Å²) in [6, 6.07) is 1.49. The van der Waals surface area contributed by atoms with Gasteiger partial charge < -0.3 is 10.2 Å². The van der Waals surface area contributed by atoms with Crippen molar-refractivity contribution in [3.8, 4) is 5.69 Å². The number of likely N-dealkylation sites (tertiary alicyclic amines) is 1. The second-order valence-electron chi connectivity index (χ2n) is 6.80. The third-order valence-corrected chi connectivity index (χ3v) is 5.67.